The van der Waals surface area contributed by atoms with Crippen LogP contribution < -0.4 is 21.3 Å². The molecule has 4 rings (SSSR count). The van der Waals surface area contributed by atoms with Crippen molar-refractivity contribution >= 4 is 22.8 Å². The van der Waals surface area contributed by atoms with E-state index in [9.17, 15) is 18.8 Å². The second-order valence-corrected chi connectivity index (χ2v) is 6.90. The van der Waals surface area contributed by atoms with Crippen LogP contribution in [0.4, 0.5) is 10.1 Å². The Morgan fingerprint density at radius 2 is 1.84 bits per heavy atom. The molecule has 10 heteroatoms. The van der Waals surface area contributed by atoms with E-state index in [0.717, 1.165) is 15.2 Å². The fraction of sp³-hybridized carbons (Fsp3) is 0.136. The number of methoxy groups -OCH3 is 1. The molecule has 0 spiro atoms. The minimum absolute atomic E-state index is 0.0150. The van der Waals surface area contributed by atoms with E-state index in [1.165, 1.54) is 37.7 Å². The van der Waals surface area contributed by atoms with Crippen molar-refractivity contribution in [3.05, 3.63) is 93.1 Å². The zero-order valence-electron chi connectivity index (χ0n) is 17.0. The Morgan fingerprint density at radius 1 is 1.06 bits per heavy atom. The number of fused-ring (bicyclic) bond motifs is 1. The van der Waals surface area contributed by atoms with Crippen LogP contribution >= 0.6 is 0 Å². The van der Waals surface area contributed by atoms with E-state index in [1.807, 2.05) is 0 Å². The molecule has 0 unspecified atom stereocenters. The van der Waals surface area contributed by atoms with Crippen LogP contribution in [0.1, 0.15) is 5.56 Å². The van der Waals surface area contributed by atoms with E-state index < -0.39 is 29.5 Å². The van der Waals surface area contributed by atoms with Gasteiger partial charge in [0, 0.05) is 18.1 Å². The van der Waals surface area contributed by atoms with Gasteiger partial charge in [-0.15, -0.1) is 0 Å². The molecule has 0 saturated heterocycles. The SMILES string of the molecule is COc1cccc(Cn2c(=O)c3nccnc3n(CC(=O)Nc3cccc(F)c3)c2=O)c1. The second kappa shape index (κ2) is 8.80. The summed E-state index contributed by atoms with van der Waals surface area (Å²) in [6.07, 6.45) is 2.66. The lowest BCUT2D eigenvalue weighted by atomic mass is 10.2. The average Bonchev–Trinajstić information content (AvgIpc) is 2.79. The molecule has 2 heterocycles. The van der Waals surface area contributed by atoms with Gasteiger partial charge in [-0.05, 0) is 35.9 Å². The van der Waals surface area contributed by atoms with Gasteiger partial charge in [-0.25, -0.2) is 19.2 Å². The lowest BCUT2D eigenvalue weighted by Crippen LogP contribution is -2.42. The minimum atomic E-state index is -0.722. The molecule has 0 fully saturated rings. The van der Waals surface area contributed by atoms with Gasteiger partial charge in [0.2, 0.25) is 5.91 Å². The summed E-state index contributed by atoms with van der Waals surface area (Å²) in [5, 5.41) is 2.53. The number of nitrogens with zero attached hydrogens (tertiary/aromatic N) is 4. The molecule has 0 aliphatic rings. The molecular formula is C22H18FN5O4. The number of hydrogen-bond acceptors (Lipinski definition) is 6. The largest absolute Gasteiger partial charge is 0.497 e. The molecule has 1 amide bonds. The van der Waals surface area contributed by atoms with E-state index in [1.54, 1.807) is 24.3 Å². The van der Waals surface area contributed by atoms with Gasteiger partial charge in [-0.3, -0.25) is 18.7 Å². The van der Waals surface area contributed by atoms with Gasteiger partial charge in [0.1, 0.15) is 18.1 Å². The first-order valence-corrected chi connectivity index (χ1v) is 9.59. The van der Waals surface area contributed by atoms with Crippen molar-refractivity contribution < 1.29 is 13.9 Å². The van der Waals surface area contributed by atoms with Crippen LogP contribution in [0.2, 0.25) is 0 Å². The molecule has 0 bridgehead atoms. The Balaban J connectivity index is 1.75. The summed E-state index contributed by atoms with van der Waals surface area (Å²) in [5.41, 5.74) is -0.513. The van der Waals surface area contributed by atoms with Crippen molar-refractivity contribution in [3.63, 3.8) is 0 Å². The van der Waals surface area contributed by atoms with Gasteiger partial charge in [-0.2, -0.15) is 0 Å². The van der Waals surface area contributed by atoms with E-state index in [0.29, 0.717) is 11.3 Å². The Hall–Kier alpha value is -4.34. The number of nitrogens with one attached hydrogen (secondary N) is 1. The highest BCUT2D eigenvalue weighted by Crippen LogP contribution is 2.13. The third-order valence-corrected chi connectivity index (χ3v) is 4.73. The molecule has 0 aliphatic carbocycles. The van der Waals surface area contributed by atoms with Gasteiger partial charge in [0.15, 0.2) is 11.2 Å². The first kappa shape index (κ1) is 20.9. The van der Waals surface area contributed by atoms with E-state index in [4.69, 9.17) is 4.74 Å². The Kier molecular flexibility index (Phi) is 5.75. The van der Waals surface area contributed by atoms with E-state index in [-0.39, 0.29) is 23.4 Å². The highest BCUT2D eigenvalue weighted by molar-refractivity contribution is 5.91. The molecule has 2 aromatic heterocycles. The molecule has 1 N–H and O–H groups in total. The first-order chi connectivity index (χ1) is 15.5. The standard InChI is InChI=1S/C22H18FN5O4/c1-32-17-7-2-4-14(10-17)12-28-21(30)19-20(25-9-8-24-19)27(22(28)31)13-18(29)26-16-6-3-5-15(23)11-16/h2-11H,12-13H2,1H3,(H,26,29). The number of carbonyl (C=O) groups is 1. The highest BCUT2D eigenvalue weighted by atomic mass is 19.1. The molecule has 0 aliphatic heterocycles. The third kappa shape index (κ3) is 4.24. The molecular weight excluding hydrogens is 417 g/mol. The molecule has 162 valence electrons. The van der Waals surface area contributed by atoms with Gasteiger partial charge in [0.25, 0.3) is 5.56 Å². The van der Waals surface area contributed by atoms with E-state index >= 15 is 0 Å². The van der Waals surface area contributed by atoms with E-state index in [2.05, 4.69) is 15.3 Å². The summed E-state index contributed by atoms with van der Waals surface area (Å²) in [5.74, 6) is -0.523. The zero-order valence-corrected chi connectivity index (χ0v) is 17.0. The van der Waals surface area contributed by atoms with Crippen LogP contribution in [0.15, 0.2) is 70.5 Å². The molecule has 4 aromatic rings. The van der Waals surface area contributed by atoms with Crippen molar-refractivity contribution in [2.24, 2.45) is 0 Å². The number of aromatic nitrogens is 4. The van der Waals surface area contributed by atoms with Crippen molar-refractivity contribution in [3.8, 4) is 5.75 Å². The van der Waals surface area contributed by atoms with Crippen LogP contribution in [0.25, 0.3) is 11.2 Å². The van der Waals surface area contributed by atoms with Gasteiger partial charge >= 0.3 is 5.69 Å². The van der Waals surface area contributed by atoms with Crippen molar-refractivity contribution in [1.29, 1.82) is 0 Å². The number of hydrogen-bond donors (Lipinski definition) is 1. The number of amides is 1. The smallest absolute Gasteiger partial charge is 0.333 e. The maximum absolute atomic E-state index is 13.4. The maximum Gasteiger partial charge on any atom is 0.333 e. The summed E-state index contributed by atoms with van der Waals surface area (Å²) < 4.78 is 20.7. The van der Waals surface area contributed by atoms with Crippen LogP contribution in [0.5, 0.6) is 5.75 Å². The van der Waals surface area contributed by atoms with Crippen LogP contribution in [-0.2, 0) is 17.9 Å². The summed E-state index contributed by atoms with van der Waals surface area (Å²) >= 11 is 0. The van der Waals surface area contributed by atoms with Crippen LogP contribution in [0.3, 0.4) is 0 Å². The molecule has 2 aromatic carbocycles. The summed E-state index contributed by atoms with van der Waals surface area (Å²) in [6.45, 7) is -0.490. The normalized spacial score (nSPS) is 10.8. The number of rotatable bonds is 6. The number of benzene rings is 2. The average molecular weight is 435 g/mol. The molecule has 32 heavy (non-hydrogen) atoms. The molecule has 0 saturated carbocycles. The highest BCUT2D eigenvalue weighted by Gasteiger charge is 2.18. The fourth-order valence-electron chi connectivity index (χ4n) is 3.28. The second-order valence-electron chi connectivity index (χ2n) is 6.90. The number of carbonyl (C=O) groups excluding carboxylic acids is 1. The zero-order chi connectivity index (χ0) is 22.7. The molecule has 0 radical (unpaired) electrons. The summed E-state index contributed by atoms with van der Waals surface area (Å²) in [7, 11) is 1.51. The Morgan fingerprint density at radius 3 is 2.62 bits per heavy atom. The Bertz CT molecular complexity index is 1430. The minimum Gasteiger partial charge on any atom is -0.497 e. The van der Waals surface area contributed by atoms with Crippen molar-refractivity contribution in [1.82, 2.24) is 19.1 Å². The first-order valence-electron chi connectivity index (χ1n) is 9.59. The summed E-state index contributed by atoms with van der Waals surface area (Å²) in [4.78, 5) is 46.9. The molecule has 0 atom stereocenters. The quantitative estimate of drug-likeness (QED) is 0.495. The fourth-order valence-corrected chi connectivity index (χ4v) is 3.28. The number of anilines is 1. The maximum atomic E-state index is 13.4. The van der Waals surface area contributed by atoms with Crippen LogP contribution in [-0.4, -0.2) is 32.1 Å². The predicted molar refractivity (Wildman–Crippen MR) is 115 cm³/mol. The van der Waals surface area contributed by atoms with Gasteiger partial charge in [0.05, 0.1) is 13.7 Å². The van der Waals surface area contributed by atoms with Crippen LogP contribution in [0, 0.1) is 5.82 Å². The Labute approximate surface area is 180 Å². The summed E-state index contributed by atoms with van der Waals surface area (Å²) in [6, 6.07) is 12.3. The lowest BCUT2D eigenvalue weighted by Gasteiger charge is -2.13. The van der Waals surface area contributed by atoms with Gasteiger partial charge in [-0.1, -0.05) is 18.2 Å². The lowest BCUT2D eigenvalue weighted by molar-refractivity contribution is -0.116. The topological polar surface area (TPSA) is 108 Å². The van der Waals surface area contributed by atoms with Crippen molar-refractivity contribution in [2.45, 2.75) is 13.1 Å². The molecule has 9 nitrogen and oxygen atoms in total. The van der Waals surface area contributed by atoms with Gasteiger partial charge < -0.3 is 10.1 Å². The van der Waals surface area contributed by atoms with Crippen molar-refractivity contribution in [2.75, 3.05) is 12.4 Å². The predicted octanol–water partition coefficient (Wildman–Crippen LogP) is 1.79. The number of halogens is 1. The number of ether oxygens (including phenoxy) is 1. The third-order valence-electron chi connectivity index (χ3n) is 4.73. The monoisotopic (exact) mass is 435 g/mol.